The van der Waals surface area contributed by atoms with Gasteiger partial charge in [-0.05, 0) is 47.4 Å². The van der Waals surface area contributed by atoms with Crippen LogP contribution in [-0.2, 0) is 28.9 Å². The van der Waals surface area contributed by atoms with E-state index in [1.54, 1.807) is 42.8 Å². The number of nitrogens with one attached hydrogen (secondary N) is 1. The maximum Gasteiger partial charge on any atom is 0.166 e. The van der Waals surface area contributed by atoms with E-state index in [9.17, 15) is 4.79 Å². The molecule has 5 aromatic rings. The zero-order valence-electron chi connectivity index (χ0n) is 24.1. The van der Waals surface area contributed by atoms with E-state index in [4.69, 9.17) is 21.7 Å². The third-order valence-corrected chi connectivity index (χ3v) is 8.42. The first-order valence-corrected chi connectivity index (χ1v) is 15.3. The Morgan fingerprint density at radius 1 is 0.953 bits per heavy atom. The van der Waals surface area contributed by atoms with Crippen molar-refractivity contribution < 1.29 is 18.7 Å². The zero-order chi connectivity index (χ0) is 30.2. The number of thiocarbonyl (C=S) groups is 1. The molecule has 0 amide bonds. The summed E-state index contributed by atoms with van der Waals surface area (Å²) in [5, 5.41) is 3.44. The Balaban J connectivity index is 1.23. The number of benzene rings is 3. The Morgan fingerprint density at radius 2 is 1.72 bits per heavy atom. The number of aromatic nitrogens is 1. The number of ether oxygens (including phenoxy) is 2. The Hall–Kier alpha value is -3.82. The van der Waals surface area contributed by atoms with Crippen LogP contribution in [0.25, 0.3) is 20.7 Å². The number of nitrogens with zero attached hydrogens (tertiary/aromatic N) is 1. The third-order valence-electron chi connectivity index (χ3n) is 6.94. The fourth-order valence-electron chi connectivity index (χ4n) is 4.78. The van der Waals surface area contributed by atoms with Gasteiger partial charge in [-0.15, -0.1) is 11.3 Å². The van der Waals surface area contributed by atoms with Crippen molar-refractivity contribution in [2.45, 2.75) is 38.8 Å². The second kappa shape index (κ2) is 14.6. The van der Waals surface area contributed by atoms with Crippen molar-refractivity contribution in [3.05, 3.63) is 114 Å². The number of rotatable bonds is 14. The number of hydrogen-bond acceptors (Lipinski definition) is 7. The van der Waals surface area contributed by atoms with Crippen LogP contribution in [0.3, 0.4) is 0 Å². The second-order valence-corrected chi connectivity index (χ2v) is 12.2. The van der Waals surface area contributed by atoms with Crippen LogP contribution in [0.1, 0.15) is 30.0 Å². The van der Waals surface area contributed by atoms with Crippen molar-refractivity contribution in [2.75, 3.05) is 13.7 Å². The smallest absolute Gasteiger partial charge is 0.166 e. The molecule has 3 aromatic carbocycles. The highest BCUT2D eigenvalue weighted by Gasteiger charge is 2.15. The summed E-state index contributed by atoms with van der Waals surface area (Å²) >= 11 is 7.02. The molecule has 1 N–H and O–H groups in total. The van der Waals surface area contributed by atoms with Crippen LogP contribution in [0.4, 0.5) is 4.39 Å². The zero-order valence-corrected chi connectivity index (χ0v) is 25.8. The molecule has 2 aromatic heterocycles. The largest absolute Gasteiger partial charge is 0.453 e. The number of ketones is 1. The first-order chi connectivity index (χ1) is 20.9. The fraction of sp³-hybridized carbons (Fsp3) is 0.229. The van der Waals surface area contributed by atoms with Gasteiger partial charge in [-0.3, -0.25) is 9.78 Å². The molecule has 0 bridgehead atoms. The molecule has 220 valence electrons. The van der Waals surface area contributed by atoms with Crippen LogP contribution < -0.4 is 10.1 Å². The van der Waals surface area contributed by atoms with Crippen molar-refractivity contribution in [1.29, 1.82) is 0 Å². The minimum atomic E-state index is -0.485. The highest BCUT2D eigenvalue weighted by atomic mass is 32.1. The van der Waals surface area contributed by atoms with Crippen molar-refractivity contribution in [1.82, 2.24) is 10.3 Å². The quantitative estimate of drug-likeness (QED) is 0.128. The maximum absolute atomic E-state index is 15.1. The molecule has 0 radical (unpaired) electrons. The summed E-state index contributed by atoms with van der Waals surface area (Å²) in [4.78, 5) is 18.6. The normalized spacial score (nSPS) is 11.9. The lowest BCUT2D eigenvalue weighted by molar-refractivity contribution is -0.117. The highest BCUT2D eigenvalue weighted by Crippen LogP contribution is 2.39. The SMILES string of the molecule is COCC(C)NCc1ccc(-c2cc3nccc(Oc4ccc(CC(=S)CC(=O)Cc5ccccc5)cc4F)c3s2)cc1. The Kier molecular flexibility index (Phi) is 10.4. The molecule has 1 atom stereocenters. The molecule has 0 aliphatic carbocycles. The number of carbonyl (C=O) groups excluding carboxylic acids is 1. The lowest BCUT2D eigenvalue weighted by atomic mass is 10.0. The van der Waals surface area contributed by atoms with Gasteiger partial charge in [0.1, 0.15) is 11.5 Å². The van der Waals surface area contributed by atoms with Gasteiger partial charge in [0.15, 0.2) is 11.6 Å². The van der Waals surface area contributed by atoms with Crippen LogP contribution in [0.15, 0.2) is 91.1 Å². The number of Topliss-reactive ketones (excluding diaryl/α,β-unsaturated/α-hetero) is 1. The summed E-state index contributed by atoms with van der Waals surface area (Å²) < 4.78 is 27.2. The molecule has 2 heterocycles. The van der Waals surface area contributed by atoms with Gasteiger partial charge in [0, 0.05) is 61.0 Å². The number of fused-ring (bicyclic) bond motifs is 1. The second-order valence-electron chi connectivity index (χ2n) is 10.5. The Labute approximate surface area is 260 Å². The lowest BCUT2D eigenvalue weighted by Gasteiger charge is -2.12. The number of carbonyl (C=O) groups is 1. The van der Waals surface area contributed by atoms with E-state index in [2.05, 4.69) is 41.5 Å². The predicted molar refractivity (Wildman–Crippen MR) is 176 cm³/mol. The van der Waals surface area contributed by atoms with Crippen LogP contribution in [0.2, 0.25) is 0 Å². The molecule has 0 spiro atoms. The molecule has 5 rings (SSSR count). The summed E-state index contributed by atoms with van der Waals surface area (Å²) in [5.41, 5.74) is 4.72. The molecular formula is C35H33FN2O3S2. The van der Waals surface area contributed by atoms with Crippen LogP contribution in [0.5, 0.6) is 11.5 Å². The van der Waals surface area contributed by atoms with E-state index < -0.39 is 5.82 Å². The van der Waals surface area contributed by atoms with Crippen LogP contribution in [0, 0.1) is 5.82 Å². The van der Waals surface area contributed by atoms with E-state index in [1.165, 1.54) is 11.6 Å². The van der Waals surface area contributed by atoms with Gasteiger partial charge in [-0.1, -0.05) is 72.9 Å². The van der Waals surface area contributed by atoms with Crippen LogP contribution >= 0.6 is 23.6 Å². The van der Waals surface area contributed by atoms with Gasteiger partial charge in [0.25, 0.3) is 0 Å². The number of hydrogen-bond donors (Lipinski definition) is 1. The molecule has 8 heteroatoms. The molecule has 43 heavy (non-hydrogen) atoms. The summed E-state index contributed by atoms with van der Waals surface area (Å²) in [6, 6.07) is 26.9. The predicted octanol–water partition coefficient (Wildman–Crippen LogP) is 8.13. The number of halogens is 1. The minimum absolute atomic E-state index is 0.0502. The van der Waals surface area contributed by atoms with Gasteiger partial charge in [-0.25, -0.2) is 4.39 Å². The average molecular weight is 613 g/mol. The molecule has 0 fully saturated rings. The monoisotopic (exact) mass is 612 g/mol. The van der Waals surface area contributed by atoms with Gasteiger partial charge in [0.2, 0.25) is 0 Å². The van der Waals surface area contributed by atoms with E-state index >= 15 is 4.39 Å². The molecule has 1 unspecified atom stereocenters. The molecule has 0 saturated heterocycles. The summed E-state index contributed by atoms with van der Waals surface area (Å²) in [6.45, 7) is 3.52. The van der Waals surface area contributed by atoms with Gasteiger partial charge in [-0.2, -0.15) is 0 Å². The summed E-state index contributed by atoms with van der Waals surface area (Å²) in [6.07, 6.45) is 2.54. The maximum atomic E-state index is 15.1. The molecule has 0 aliphatic heterocycles. The Morgan fingerprint density at radius 3 is 2.47 bits per heavy atom. The van der Waals surface area contributed by atoms with Crippen molar-refractivity contribution in [2.24, 2.45) is 0 Å². The van der Waals surface area contributed by atoms with Crippen LogP contribution in [-0.4, -0.2) is 35.4 Å². The van der Waals surface area contributed by atoms with Crippen molar-refractivity contribution >= 4 is 44.4 Å². The third kappa shape index (κ3) is 8.39. The van der Waals surface area contributed by atoms with E-state index in [1.807, 2.05) is 36.4 Å². The topological polar surface area (TPSA) is 60.4 Å². The molecule has 0 saturated carbocycles. The average Bonchev–Trinajstić information content (AvgIpc) is 3.44. The van der Waals surface area contributed by atoms with Gasteiger partial charge in [0.05, 0.1) is 16.8 Å². The van der Waals surface area contributed by atoms with Crippen molar-refractivity contribution in [3.63, 3.8) is 0 Å². The standard InChI is InChI=1S/C35H33FN2O3S2/c1-23(22-40-2)38-21-25-8-11-27(12-9-25)34-20-31-35(43-34)33(14-15-37-31)41-32-13-10-26(18-30(32)36)17-29(42)19-28(39)16-24-6-4-3-5-7-24/h3-15,18,20,23,38H,16-17,19,21-22H2,1-2H3. The molecule has 0 aliphatic rings. The van der Waals surface area contributed by atoms with Gasteiger partial charge >= 0.3 is 0 Å². The first-order valence-electron chi connectivity index (χ1n) is 14.1. The first kappa shape index (κ1) is 30.6. The van der Waals surface area contributed by atoms with E-state index in [0.717, 1.165) is 32.8 Å². The number of thiophene rings is 1. The van der Waals surface area contributed by atoms with E-state index in [0.29, 0.717) is 35.6 Å². The lowest BCUT2D eigenvalue weighted by Crippen LogP contribution is -2.29. The fourth-order valence-corrected chi connectivity index (χ4v) is 6.18. The highest BCUT2D eigenvalue weighted by molar-refractivity contribution is 7.80. The summed E-state index contributed by atoms with van der Waals surface area (Å²) in [7, 11) is 1.70. The summed E-state index contributed by atoms with van der Waals surface area (Å²) in [5.74, 6) is 0.232. The van der Waals surface area contributed by atoms with Crippen molar-refractivity contribution in [3.8, 4) is 21.9 Å². The molecular weight excluding hydrogens is 580 g/mol. The minimum Gasteiger partial charge on any atom is -0.453 e. The Bertz CT molecular complexity index is 1700. The number of methoxy groups -OCH3 is 1. The van der Waals surface area contributed by atoms with Gasteiger partial charge < -0.3 is 14.8 Å². The van der Waals surface area contributed by atoms with E-state index in [-0.39, 0.29) is 24.0 Å². The molecule has 5 nitrogen and oxygen atoms in total. The number of pyridine rings is 1.